The zero-order valence-electron chi connectivity index (χ0n) is 10.7. The monoisotopic (exact) mass is 252 g/mol. The van der Waals surface area contributed by atoms with E-state index < -0.39 is 0 Å². The fourth-order valence-electron chi connectivity index (χ4n) is 2.01. The first-order chi connectivity index (χ1) is 8.72. The fourth-order valence-corrected chi connectivity index (χ4v) is 2.01. The van der Waals surface area contributed by atoms with Gasteiger partial charge in [-0.2, -0.15) is 4.98 Å². The Hall–Kier alpha value is -1.56. The maximum atomic E-state index is 9.50. The molecule has 1 aromatic heterocycles. The van der Waals surface area contributed by atoms with Gasteiger partial charge in [0.25, 0.3) is 0 Å². The second kappa shape index (κ2) is 5.86. The SMILES string of the molecule is CCCOc1ncnc(N2CCC(O)CC2)c1N. The molecule has 2 rings (SSSR count). The number of ether oxygens (including phenoxy) is 1. The van der Waals surface area contributed by atoms with Crippen LogP contribution in [0, 0.1) is 0 Å². The summed E-state index contributed by atoms with van der Waals surface area (Å²) in [7, 11) is 0. The number of hydrogen-bond donors (Lipinski definition) is 2. The second-order valence-electron chi connectivity index (χ2n) is 4.48. The molecular weight excluding hydrogens is 232 g/mol. The van der Waals surface area contributed by atoms with Crippen molar-refractivity contribution in [3.8, 4) is 5.88 Å². The van der Waals surface area contributed by atoms with Crippen LogP contribution in [0.1, 0.15) is 26.2 Å². The standard InChI is InChI=1S/C12H20N4O2/c1-2-7-18-12-10(13)11(14-8-15-12)16-5-3-9(17)4-6-16/h8-9,17H,2-7,13H2,1H3. The molecule has 0 radical (unpaired) electrons. The molecule has 1 aromatic rings. The van der Waals surface area contributed by atoms with Gasteiger partial charge in [0, 0.05) is 13.1 Å². The molecule has 1 saturated heterocycles. The van der Waals surface area contributed by atoms with E-state index in [-0.39, 0.29) is 6.10 Å². The largest absolute Gasteiger partial charge is 0.476 e. The van der Waals surface area contributed by atoms with Crippen LogP contribution < -0.4 is 15.4 Å². The molecule has 1 aliphatic rings. The van der Waals surface area contributed by atoms with Crippen LogP contribution in [0.25, 0.3) is 0 Å². The number of aliphatic hydroxyl groups is 1. The lowest BCUT2D eigenvalue weighted by atomic mass is 10.1. The Balaban J connectivity index is 2.12. The highest BCUT2D eigenvalue weighted by Crippen LogP contribution is 2.29. The van der Waals surface area contributed by atoms with Gasteiger partial charge in [0.1, 0.15) is 12.0 Å². The van der Waals surface area contributed by atoms with Gasteiger partial charge in [-0.15, -0.1) is 0 Å². The van der Waals surface area contributed by atoms with E-state index in [0.717, 1.165) is 32.4 Å². The number of rotatable bonds is 4. The highest BCUT2D eigenvalue weighted by Gasteiger charge is 2.21. The third kappa shape index (κ3) is 2.81. The lowest BCUT2D eigenvalue weighted by Gasteiger charge is -2.31. The Morgan fingerprint density at radius 1 is 1.44 bits per heavy atom. The molecule has 0 saturated carbocycles. The molecule has 0 aromatic carbocycles. The first-order valence-corrected chi connectivity index (χ1v) is 6.38. The van der Waals surface area contributed by atoms with Gasteiger partial charge in [-0.25, -0.2) is 4.98 Å². The van der Waals surface area contributed by atoms with E-state index >= 15 is 0 Å². The highest BCUT2D eigenvalue weighted by atomic mass is 16.5. The van der Waals surface area contributed by atoms with Crippen LogP contribution in [-0.2, 0) is 0 Å². The molecule has 18 heavy (non-hydrogen) atoms. The van der Waals surface area contributed by atoms with E-state index in [9.17, 15) is 5.11 Å². The molecular formula is C12H20N4O2. The van der Waals surface area contributed by atoms with Gasteiger partial charge in [-0.3, -0.25) is 0 Å². The van der Waals surface area contributed by atoms with E-state index in [0.29, 0.717) is 24.0 Å². The van der Waals surface area contributed by atoms with Crippen molar-refractivity contribution in [1.82, 2.24) is 9.97 Å². The molecule has 6 heteroatoms. The summed E-state index contributed by atoms with van der Waals surface area (Å²) in [5, 5.41) is 9.50. The van der Waals surface area contributed by atoms with Gasteiger partial charge in [-0.1, -0.05) is 6.92 Å². The third-order valence-electron chi connectivity index (χ3n) is 3.03. The first-order valence-electron chi connectivity index (χ1n) is 6.38. The summed E-state index contributed by atoms with van der Waals surface area (Å²) in [5.41, 5.74) is 6.52. The van der Waals surface area contributed by atoms with Crippen LogP contribution in [0.2, 0.25) is 0 Å². The summed E-state index contributed by atoms with van der Waals surface area (Å²) in [4.78, 5) is 10.3. The van der Waals surface area contributed by atoms with Crippen molar-refractivity contribution in [3.63, 3.8) is 0 Å². The summed E-state index contributed by atoms with van der Waals surface area (Å²) < 4.78 is 5.49. The van der Waals surface area contributed by atoms with Crippen LogP contribution in [0.3, 0.4) is 0 Å². The number of anilines is 2. The normalized spacial score (nSPS) is 16.9. The summed E-state index contributed by atoms with van der Waals surface area (Å²) >= 11 is 0. The smallest absolute Gasteiger partial charge is 0.242 e. The van der Waals surface area contributed by atoms with Gasteiger partial charge >= 0.3 is 0 Å². The minimum Gasteiger partial charge on any atom is -0.476 e. The molecule has 0 aliphatic carbocycles. The minimum atomic E-state index is -0.208. The molecule has 2 heterocycles. The van der Waals surface area contributed by atoms with Crippen molar-refractivity contribution < 1.29 is 9.84 Å². The van der Waals surface area contributed by atoms with E-state index in [1.54, 1.807) is 0 Å². The van der Waals surface area contributed by atoms with Gasteiger partial charge in [0.2, 0.25) is 5.88 Å². The van der Waals surface area contributed by atoms with Crippen LogP contribution >= 0.6 is 0 Å². The number of aliphatic hydroxyl groups excluding tert-OH is 1. The molecule has 0 bridgehead atoms. The summed E-state index contributed by atoms with van der Waals surface area (Å²) in [6.07, 6.45) is 3.67. The van der Waals surface area contributed by atoms with Gasteiger partial charge in [-0.05, 0) is 19.3 Å². The van der Waals surface area contributed by atoms with E-state index in [4.69, 9.17) is 10.5 Å². The number of piperidine rings is 1. The molecule has 3 N–H and O–H groups in total. The van der Waals surface area contributed by atoms with E-state index in [1.165, 1.54) is 6.33 Å². The predicted molar refractivity (Wildman–Crippen MR) is 69.7 cm³/mol. The predicted octanol–water partition coefficient (Wildman–Crippen LogP) is 0.809. The Labute approximate surface area is 107 Å². The maximum Gasteiger partial charge on any atom is 0.242 e. The molecule has 0 amide bonds. The Bertz CT molecular complexity index is 392. The number of aromatic nitrogens is 2. The quantitative estimate of drug-likeness (QED) is 0.825. The minimum absolute atomic E-state index is 0.208. The Morgan fingerprint density at radius 2 is 2.17 bits per heavy atom. The Morgan fingerprint density at radius 3 is 2.83 bits per heavy atom. The van der Waals surface area contributed by atoms with Gasteiger partial charge in [0.15, 0.2) is 5.82 Å². The zero-order chi connectivity index (χ0) is 13.0. The van der Waals surface area contributed by atoms with Crippen molar-refractivity contribution in [2.75, 3.05) is 30.3 Å². The topological polar surface area (TPSA) is 84.5 Å². The van der Waals surface area contributed by atoms with E-state index in [2.05, 4.69) is 14.9 Å². The number of nitrogens with zero attached hydrogens (tertiary/aromatic N) is 3. The lowest BCUT2D eigenvalue weighted by molar-refractivity contribution is 0.145. The number of nitrogens with two attached hydrogens (primary N) is 1. The van der Waals surface area contributed by atoms with Crippen LogP contribution in [0.15, 0.2) is 6.33 Å². The lowest BCUT2D eigenvalue weighted by Crippen LogP contribution is -2.36. The highest BCUT2D eigenvalue weighted by molar-refractivity contribution is 5.67. The average molecular weight is 252 g/mol. The zero-order valence-corrected chi connectivity index (χ0v) is 10.7. The third-order valence-corrected chi connectivity index (χ3v) is 3.03. The number of hydrogen-bond acceptors (Lipinski definition) is 6. The van der Waals surface area contributed by atoms with Crippen LogP contribution in [-0.4, -0.2) is 40.9 Å². The van der Waals surface area contributed by atoms with Crippen molar-refractivity contribution in [3.05, 3.63) is 6.33 Å². The maximum absolute atomic E-state index is 9.50. The molecule has 6 nitrogen and oxygen atoms in total. The van der Waals surface area contributed by atoms with Crippen LogP contribution in [0.5, 0.6) is 5.88 Å². The Kier molecular flexibility index (Phi) is 4.19. The van der Waals surface area contributed by atoms with Crippen LogP contribution in [0.4, 0.5) is 11.5 Å². The summed E-state index contributed by atoms with van der Waals surface area (Å²) in [5.74, 6) is 1.16. The summed E-state index contributed by atoms with van der Waals surface area (Å²) in [6, 6.07) is 0. The molecule has 100 valence electrons. The number of nitrogen functional groups attached to an aromatic ring is 1. The second-order valence-corrected chi connectivity index (χ2v) is 4.48. The van der Waals surface area contributed by atoms with E-state index in [1.807, 2.05) is 6.92 Å². The van der Waals surface area contributed by atoms with Gasteiger partial charge < -0.3 is 20.5 Å². The average Bonchev–Trinajstić information content (AvgIpc) is 2.39. The molecule has 0 spiro atoms. The fraction of sp³-hybridized carbons (Fsp3) is 0.667. The molecule has 0 unspecified atom stereocenters. The van der Waals surface area contributed by atoms with Crippen molar-refractivity contribution in [2.45, 2.75) is 32.3 Å². The van der Waals surface area contributed by atoms with Crippen molar-refractivity contribution in [2.24, 2.45) is 0 Å². The molecule has 1 aliphatic heterocycles. The first kappa shape index (κ1) is 12.9. The molecule has 0 atom stereocenters. The van der Waals surface area contributed by atoms with Crippen molar-refractivity contribution in [1.29, 1.82) is 0 Å². The summed E-state index contributed by atoms with van der Waals surface area (Å²) in [6.45, 7) is 4.15. The molecule has 1 fully saturated rings. The van der Waals surface area contributed by atoms with Gasteiger partial charge in [0.05, 0.1) is 12.7 Å². The van der Waals surface area contributed by atoms with Crippen molar-refractivity contribution >= 4 is 11.5 Å².